The third-order valence-electron chi connectivity index (χ3n) is 3.03. The van der Waals surface area contributed by atoms with Gasteiger partial charge in [-0.2, -0.15) is 0 Å². The van der Waals surface area contributed by atoms with E-state index in [9.17, 15) is 9.00 Å². The van der Waals surface area contributed by atoms with Gasteiger partial charge in [-0.15, -0.1) is 0 Å². The van der Waals surface area contributed by atoms with Crippen LogP contribution in [0.2, 0.25) is 0 Å². The smallest absolute Gasteiger partial charge is 0.239 e. The largest absolute Gasteiger partial charge is 0.339 e. The molecule has 0 aromatic carbocycles. The van der Waals surface area contributed by atoms with Crippen molar-refractivity contribution in [2.45, 2.75) is 26.3 Å². The molecule has 0 radical (unpaired) electrons. The van der Waals surface area contributed by atoms with Gasteiger partial charge in [-0.1, -0.05) is 20.3 Å². The third kappa shape index (κ3) is 3.28. The van der Waals surface area contributed by atoms with Gasteiger partial charge < -0.3 is 10.6 Å². The lowest BCUT2D eigenvalue weighted by Gasteiger charge is -2.30. The van der Waals surface area contributed by atoms with E-state index in [1.165, 1.54) is 0 Å². The molecule has 0 bridgehead atoms. The Hall–Kier alpha value is -0.420. The van der Waals surface area contributed by atoms with E-state index in [0.717, 1.165) is 6.42 Å². The fourth-order valence-corrected chi connectivity index (χ4v) is 2.62. The monoisotopic (exact) mass is 232 g/mol. The van der Waals surface area contributed by atoms with Gasteiger partial charge >= 0.3 is 0 Å². The second kappa shape index (κ2) is 5.61. The van der Waals surface area contributed by atoms with Gasteiger partial charge in [0.2, 0.25) is 5.91 Å². The first kappa shape index (κ1) is 12.6. The van der Waals surface area contributed by atoms with Crippen LogP contribution in [-0.2, 0) is 15.6 Å². The van der Waals surface area contributed by atoms with Crippen molar-refractivity contribution in [1.82, 2.24) is 4.90 Å². The first-order valence-corrected chi connectivity index (χ1v) is 6.94. The van der Waals surface area contributed by atoms with Gasteiger partial charge in [0.15, 0.2) is 0 Å². The predicted octanol–water partition coefficient (Wildman–Crippen LogP) is -0.0493. The van der Waals surface area contributed by atoms with Crippen LogP contribution >= 0.6 is 0 Å². The van der Waals surface area contributed by atoms with Crippen LogP contribution in [0, 0.1) is 5.92 Å². The highest BCUT2D eigenvalue weighted by Crippen LogP contribution is 2.10. The fourth-order valence-electron chi connectivity index (χ4n) is 1.57. The zero-order valence-corrected chi connectivity index (χ0v) is 10.3. The summed E-state index contributed by atoms with van der Waals surface area (Å²) in [5.41, 5.74) is 5.87. The van der Waals surface area contributed by atoms with Crippen molar-refractivity contribution in [3.8, 4) is 0 Å². The van der Waals surface area contributed by atoms with E-state index < -0.39 is 16.8 Å². The van der Waals surface area contributed by atoms with E-state index in [1.54, 1.807) is 4.90 Å². The highest BCUT2D eigenvalue weighted by molar-refractivity contribution is 7.85. The Balaban J connectivity index is 2.49. The minimum absolute atomic E-state index is 0.0149. The van der Waals surface area contributed by atoms with Gasteiger partial charge in [-0.05, 0) is 5.92 Å². The van der Waals surface area contributed by atoms with Crippen molar-refractivity contribution in [1.29, 1.82) is 0 Å². The maximum Gasteiger partial charge on any atom is 0.239 e. The van der Waals surface area contributed by atoms with E-state index in [-0.39, 0.29) is 11.8 Å². The van der Waals surface area contributed by atoms with Gasteiger partial charge in [0.1, 0.15) is 0 Å². The first-order chi connectivity index (χ1) is 7.06. The van der Waals surface area contributed by atoms with E-state index in [1.807, 2.05) is 13.8 Å². The number of amides is 1. The highest BCUT2D eigenvalue weighted by Gasteiger charge is 2.27. The summed E-state index contributed by atoms with van der Waals surface area (Å²) < 4.78 is 11.1. The third-order valence-corrected chi connectivity index (χ3v) is 4.31. The molecule has 1 aliphatic rings. The van der Waals surface area contributed by atoms with Crippen molar-refractivity contribution in [2.24, 2.45) is 11.7 Å². The Labute approximate surface area is 93.7 Å². The molecule has 1 heterocycles. The van der Waals surface area contributed by atoms with Gasteiger partial charge in [-0.3, -0.25) is 9.00 Å². The molecule has 0 aromatic heterocycles. The second-order valence-electron chi connectivity index (χ2n) is 4.08. The summed E-state index contributed by atoms with van der Waals surface area (Å²) in [5, 5.41) is 0. The summed E-state index contributed by atoms with van der Waals surface area (Å²) in [6, 6.07) is -0.401. The van der Waals surface area contributed by atoms with E-state index in [2.05, 4.69) is 0 Å². The summed E-state index contributed by atoms with van der Waals surface area (Å²) in [6.45, 7) is 5.21. The Kier molecular flexibility index (Phi) is 4.73. The Bertz CT molecular complexity index is 248. The highest BCUT2D eigenvalue weighted by atomic mass is 32.2. The Morgan fingerprint density at radius 3 is 2.47 bits per heavy atom. The molecule has 1 rings (SSSR count). The van der Waals surface area contributed by atoms with E-state index in [0.29, 0.717) is 24.6 Å². The second-order valence-corrected chi connectivity index (χ2v) is 5.78. The number of hydrogen-bond donors (Lipinski definition) is 1. The average molecular weight is 232 g/mol. The Morgan fingerprint density at radius 1 is 1.47 bits per heavy atom. The minimum Gasteiger partial charge on any atom is -0.339 e. The van der Waals surface area contributed by atoms with Crippen LogP contribution in [0.25, 0.3) is 0 Å². The molecule has 0 aliphatic carbocycles. The van der Waals surface area contributed by atoms with Crippen LogP contribution in [0.4, 0.5) is 0 Å². The molecular formula is C10H20N2O2S. The molecule has 15 heavy (non-hydrogen) atoms. The molecule has 88 valence electrons. The Morgan fingerprint density at radius 2 is 2.00 bits per heavy atom. The molecule has 1 fully saturated rings. The van der Waals surface area contributed by atoms with Crippen molar-refractivity contribution < 1.29 is 9.00 Å². The molecule has 1 amide bonds. The molecule has 0 spiro atoms. The van der Waals surface area contributed by atoms with Crippen LogP contribution in [0.5, 0.6) is 0 Å². The average Bonchev–Trinajstić information content (AvgIpc) is 2.27. The van der Waals surface area contributed by atoms with Crippen LogP contribution in [-0.4, -0.2) is 45.7 Å². The molecule has 1 aliphatic heterocycles. The van der Waals surface area contributed by atoms with Crippen LogP contribution < -0.4 is 5.73 Å². The van der Waals surface area contributed by atoms with Crippen molar-refractivity contribution in [3.63, 3.8) is 0 Å². The molecule has 1 unspecified atom stereocenters. The SMILES string of the molecule is CCC(C)[C@H](N)C(=O)N1CCS(=O)CC1. The summed E-state index contributed by atoms with van der Waals surface area (Å²) in [6.07, 6.45) is 0.909. The first-order valence-electron chi connectivity index (χ1n) is 5.45. The summed E-state index contributed by atoms with van der Waals surface area (Å²) in [5.74, 6) is 1.42. The van der Waals surface area contributed by atoms with Gasteiger partial charge in [0.05, 0.1) is 6.04 Å². The summed E-state index contributed by atoms with van der Waals surface area (Å²) in [4.78, 5) is 13.7. The van der Waals surface area contributed by atoms with E-state index in [4.69, 9.17) is 5.73 Å². The topological polar surface area (TPSA) is 63.4 Å². The molecule has 0 aromatic rings. The van der Waals surface area contributed by atoms with Gasteiger partial charge in [0.25, 0.3) is 0 Å². The molecule has 2 N–H and O–H groups in total. The van der Waals surface area contributed by atoms with Crippen LogP contribution in [0.1, 0.15) is 20.3 Å². The number of nitrogens with two attached hydrogens (primary N) is 1. The lowest BCUT2D eigenvalue weighted by molar-refractivity contribution is -0.133. The summed E-state index contributed by atoms with van der Waals surface area (Å²) in [7, 11) is -0.738. The molecule has 0 saturated carbocycles. The van der Waals surface area contributed by atoms with Crippen molar-refractivity contribution >= 4 is 16.7 Å². The number of carbonyl (C=O) groups excluding carboxylic acids is 1. The zero-order valence-electron chi connectivity index (χ0n) is 9.44. The maximum atomic E-state index is 11.9. The normalized spacial score (nSPS) is 22.5. The van der Waals surface area contributed by atoms with Gasteiger partial charge in [-0.25, -0.2) is 0 Å². The van der Waals surface area contributed by atoms with Crippen molar-refractivity contribution in [3.05, 3.63) is 0 Å². The number of nitrogens with zero attached hydrogens (tertiary/aromatic N) is 1. The molecule has 5 heteroatoms. The molecular weight excluding hydrogens is 212 g/mol. The standard InChI is InChI=1S/C10H20N2O2S/c1-3-8(2)9(11)10(13)12-4-6-15(14)7-5-12/h8-9H,3-7,11H2,1-2H3/t8?,9-/m0/s1. The van der Waals surface area contributed by atoms with Crippen LogP contribution in [0.3, 0.4) is 0 Å². The summed E-state index contributed by atoms with van der Waals surface area (Å²) >= 11 is 0. The lowest BCUT2D eigenvalue weighted by atomic mass is 9.99. The van der Waals surface area contributed by atoms with E-state index >= 15 is 0 Å². The van der Waals surface area contributed by atoms with Gasteiger partial charge in [0, 0.05) is 35.4 Å². The molecule has 4 nitrogen and oxygen atoms in total. The lowest BCUT2D eigenvalue weighted by Crippen LogP contribution is -2.51. The van der Waals surface area contributed by atoms with Crippen molar-refractivity contribution in [2.75, 3.05) is 24.6 Å². The predicted molar refractivity (Wildman–Crippen MR) is 61.9 cm³/mol. The maximum absolute atomic E-state index is 11.9. The molecule has 1 saturated heterocycles. The van der Waals surface area contributed by atoms with Crippen LogP contribution in [0.15, 0.2) is 0 Å². The molecule has 2 atom stereocenters. The number of carbonyl (C=O) groups is 1. The minimum atomic E-state index is -0.738. The fraction of sp³-hybridized carbons (Fsp3) is 0.900. The zero-order chi connectivity index (χ0) is 11.4. The number of hydrogen-bond acceptors (Lipinski definition) is 3. The number of rotatable bonds is 3. The quantitative estimate of drug-likeness (QED) is 0.742.